The van der Waals surface area contributed by atoms with E-state index in [2.05, 4.69) is 41.6 Å². The van der Waals surface area contributed by atoms with Crippen LogP contribution in [0.4, 0.5) is 0 Å². The van der Waals surface area contributed by atoms with Gasteiger partial charge in [-0.2, -0.15) is 5.10 Å². The summed E-state index contributed by atoms with van der Waals surface area (Å²) in [6.45, 7) is 6.17. The number of rotatable bonds is 5. The van der Waals surface area contributed by atoms with Crippen LogP contribution in [0.2, 0.25) is 0 Å². The van der Waals surface area contributed by atoms with Crippen LogP contribution in [-0.2, 0) is 11.3 Å². The zero-order valence-electron chi connectivity index (χ0n) is 14.9. The molecule has 4 heteroatoms. The molecule has 0 aliphatic heterocycles. The van der Waals surface area contributed by atoms with Gasteiger partial charge in [0.2, 0.25) is 5.91 Å². The Morgan fingerprint density at radius 1 is 1.00 bits per heavy atom. The van der Waals surface area contributed by atoms with Crippen LogP contribution in [-0.4, -0.2) is 15.7 Å². The molecule has 4 nitrogen and oxygen atoms in total. The molecule has 1 N–H and O–H groups in total. The van der Waals surface area contributed by atoms with Gasteiger partial charge in [0.05, 0.1) is 11.7 Å². The van der Waals surface area contributed by atoms with E-state index in [0.717, 1.165) is 22.5 Å². The number of hydrogen-bond donors (Lipinski definition) is 1. The van der Waals surface area contributed by atoms with E-state index < -0.39 is 0 Å². The molecule has 0 bridgehead atoms. The summed E-state index contributed by atoms with van der Waals surface area (Å²) in [5, 5.41) is 7.52. The van der Waals surface area contributed by atoms with Gasteiger partial charge in [0.25, 0.3) is 0 Å². The van der Waals surface area contributed by atoms with Crippen molar-refractivity contribution in [1.29, 1.82) is 0 Å². The molecule has 1 amide bonds. The molecule has 2 aromatic carbocycles. The summed E-state index contributed by atoms with van der Waals surface area (Å²) < 4.78 is 1.74. The quantitative estimate of drug-likeness (QED) is 0.773. The highest BCUT2D eigenvalue weighted by Gasteiger charge is 2.17. The summed E-state index contributed by atoms with van der Waals surface area (Å²) in [7, 11) is 0. The fraction of sp³-hybridized carbons (Fsp3) is 0.238. The number of aromatic nitrogens is 2. The van der Waals surface area contributed by atoms with Crippen LogP contribution in [0.5, 0.6) is 0 Å². The fourth-order valence-corrected chi connectivity index (χ4v) is 2.94. The smallest absolute Gasteiger partial charge is 0.242 e. The second kappa shape index (κ2) is 7.34. The van der Waals surface area contributed by atoms with Crippen LogP contribution in [0.15, 0.2) is 60.7 Å². The van der Waals surface area contributed by atoms with E-state index in [1.165, 1.54) is 5.56 Å². The molecule has 0 aliphatic rings. The molecule has 25 heavy (non-hydrogen) atoms. The standard InChI is InChI=1S/C21H23N3O/c1-15-9-11-19(12-10-15)21(18-7-5-4-6-8-18)22-20(25)14-24-17(3)13-16(2)23-24/h4-13,21H,14H2,1-3H3,(H,22,25)/t21-/m1/s1. The Hall–Kier alpha value is -2.88. The highest BCUT2D eigenvalue weighted by atomic mass is 16.2. The molecule has 3 aromatic rings. The number of carbonyl (C=O) groups excluding carboxylic acids is 1. The maximum atomic E-state index is 12.6. The van der Waals surface area contributed by atoms with Crippen molar-refractivity contribution < 1.29 is 4.79 Å². The number of amides is 1. The summed E-state index contributed by atoms with van der Waals surface area (Å²) in [4.78, 5) is 12.6. The van der Waals surface area contributed by atoms with Gasteiger partial charge in [0, 0.05) is 5.69 Å². The minimum absolute atomic E-state index is 0.0550. The summed E-state index contributed by atoms with van der Waals surface area (Å²) in [5.41, 5.74) is 5.24. The summed E-state index contributed by atoms with van der Waals surface area (Å²) >= 11 is 0. The van der Waals surface area contributed by atoms with E-state index in [4.69, 9.17) is 0 Å². The molecule has 0 spiro atoms. The first-order valence-electron chi connectivity index (χ1n) is 8.45. The first kappa shape index (κ1) is 17.0. The van der Waals surface area contributed by atoms with Gasteiger partial charge in [-0.3, -0.25) is 9.48 Å². The van der Waals surface area contributed by atoms with Crippen LogP contribution >= 0.6 is 0 Å². The van der Waals surface area contributed by atoms with Crippen LogP contribution in [0.1, 0.15) is 34.1 Å². The average Bonchev–Trinajstić information content (AvgIpc) is 2.91. The Kier molecular flexibility index (Phi) is 4.98. The number of carbonyl (C=O) groups is 1. The lowest BCUT2D eigenvalue weighted by Crippen LogP contribution is -2.32. The third kappa shape index (κ3) is 4.15. The molecule has 0 fully saturated rings. The zero-order chi connectivity index (χ0) is 17.8. The number of nitrogens with one attached hydrogen (secondary N) is 1. The average molecular weight is 333 g/mol. The van der Waals surface area contributed by atoms with Crippen LogP contribution in [0.3, 0.4) is 0 Å². The summed E-state index contributed by atoms with van der Waals surface area (Å²) in [6, 6.07) is 20.1. The highest BCUT2D eigenvalue weighted by Crippen LogP contribution is 2.22. The van der Waals surface area contributed by atoms with Crippen molar-refractivity contribution in [1.82, 2.24) is 15.1 Å². The summed E-state index contributed by atoms with van der Waals surface area (Å²) in [6.07, 6.45) is 0. The fourth-order valence-electron chi connectivity index (χ4n) is 2.94. The highest BCUT2D eigenvalue weighted by molar-refractivity contribution is 5.76. The van der Waals surface area contributed by atoms with Gasteiger partial charge in [0.15, 0.2) is 0 Å². The Bertz CT molecular complexity index is 851. The van der Waals surface area contributed by atoms with Gasteiger partial charge in [-0.05, 0) is 38.0 Å². The lowest BCUT2D eigenvalue weighted by Gasteiger charge is -2.20. The molecule has 128 valence electrons. The number of nitrogens with zero attached hydrogens (tertiary/aromatic N) is 2. The van der Waals surface area contributed by atoms with Crippen molar-refractivity contribution in [2.75, 3.05) is 0 Å². The summed E-state index contributed by atoms with van der Waals surface area (Å²) in [5.74, 6) is -0.0550. The van der Waals surface area contributed by atoms with E-state index in [-0.39, 0.29) is 18.5 Å². The van der Waals surface area contributed by atoms with E-state index in [1.807, 2.05) is 50.2 Å². The lowest BCUT2D eigenvalue weighted by atomic mass is 9.98. The maximum absolute atomic E-state index is 12.6. The van der Waals surface area contributed by atoms with E-state index in [1.54, 1.807) is 4.68 Å². The molecular weight excluding hydrogens is 310 g/mol. The molecular formula is C21H23N3O. The molecule has 0 unspecified atom stereocenters. The molecule has 3 rings (SSSR count). The first-order chi connectivity index (χ1) is 12.0. The van der Waals surface area contributed by atoms with Gasteiger partial charge in [0.1, 0.15) is 6.54 Å². The number of hydrogen-bond acceptors (Lipinski definition) is 2. The normalized spacial score (nSPS) is 12.0. The van der Waals surface area contributed by atoms with Crippen molar-refractivity contribution in [3.8, 4) is 0 Å². The van der Waals surface area contributed by atoms with E-state index in [9.17, 15) is 4.79 Å². The van der Waals surface area contributed by atoms with Crippen molar-refractivity contribution in [3.63, 3.8) is 0 Å². The number of benzene rings is 2. The van der Waals surface area contributed by atoms with E-state index >= 15 is 0 Å². The number of aryl methyl sites for hydroxylation is 3. The third-order valence-electron chi connectivity index (χ3n) is 4.25. The molecule has 0 aliphatic carbocycles. The van der Waals surface area contributed by atoms with E-state index in [0.29, 0.717) is 0 Å². The van der Waals surface area contributed by atoms with Crippen LogP contribution < -0.4 is 5.32 Å². The van der Waals surface area contributed by atoms with Gasteiger partial charge in [-0.15, -0.1) is 0 Å². The minimum atomic E-state index is -0.175. The van der Waals surface area contributed by atoms with Crippen molar-refractivity contribution >= 4 is 5.91 Å². The Labute approximate surface area is 148 Å². The Morgan fingerprint density at radius 2 is 1.64 bits per heavy atom. The zero-order valence-corrected chi connectivity index (χ0v) is 14.9. The Morgan fingerprint density at radius 3 is 2.24 bits per heavy atom. The second-order valence-electron chi connectivity index (χ2n) is 6.41. The third-order valence-corrected chi connectivity index (χ3v) is 4.25. The topological polar surface area (TPSA) is 46.9 Å². The maximum Gasteiger partial charge on any atom is 0.242 e. The first-order valence-corrected chi connectivity index (χ1v) is 8.45. The van der Waals surface area contributed by atoms with Crippen LogP contribution in [0, 0.1) is 20.8 Å². The van der Waals surface area contributed by atoms with Gasteiger partial charge < -0.3 is 5.32 Å². The van der Waals surface area contributed by atoms with Gasteiger partial charge in [-0.25, -0.2) is 0 Å². The molecule has 0 saturated heterocycles. The molecule has 0 radical (unpaired) electrons. The predicted octanol–water partition coefficient (Wildman–Crippen LogP) is 3.71. The van der Waals surface area contributed by atoms with Crippen molar-refractivity contribution in [2.45, 2.75) is 33.4 Å². The van der Waals surface area contributed by atoms with Crippen LogP contribution in [0.25, 0.3) is 0 Å². The SMILES string of the molecule is Cc1ccc([C@H](NC(=O)Cn2nc(C)cc2C)c2ccccc2)cc1. The predicted molar refractivity (Wildman–Crippen MR) is 99.3 cm³/mol. The monoisotopic (exact) mass is 333 g/mol. The Balaban J connectivity index is 1.83. The lowest BCUT2D eigenvalue weighted by molar-refractivity contribution is -0.122. The second-order valence-corrected chi connectivity index (χ2v) is 6.41. The molecule has 1 heterocycles. The minimum Gasteiger partial charge on any atom is -0.344 e. The molecule has 0 saturated carbocycles. The van der Waals surface area contributed by atoms with Gasteiger partial charge in [-0.1, -0.05) is 60.2 Å². The molecule has 1 atom stereocenters. The molecule has 1 aromatic heterocycles. The largest absolute Gasteiger partial charge is 0.344 e. The van der Waals surface area contributed by atoms with Crippen molar-refractivity contribution in [2.24, 2.45) is 0 Å². The van der Waals surface area contributed by atoms with Crippen molar-refractivity contribution in [3.05, 3.63) is 88.7 Å². The van der Waals surface area contributed by atoms with Gasteiger partial charge >= 0.3 is 0 Å².